The highest BCUT2D eigenvalue weighted by atomic mass is 35.5. The fourth-order valence-corrected chi connectivity index (χ4v) is 6.60. The summed E-state index contributed by atoms with van der Waals surface area (Å²) < 4.78 is 17.4. The van der Waals surface area contributed by atoms with E-state index in [0.717, 1.165) is 45.4 Å². The molecule has 1 saturated heterocycles. The van der Waals surface area contributed by atoms with E-state index in [1.54, 1.807) is 32.3 Å². The molecule has 0 radical (unpaired) electrons. The van der Waals surface area contributed by atoms with Crippen LogP contribution in [0, 0.1) is 6.92 Å². The molecule has 0 saturated carbocycles. The summed E-state index contributed by atoms with van der Waals surface area (Å²) >= 11 is 8.05. The van der Waals surface area contributed by atoms with Gasteiger partial charge in [-0.25, -0.2) is 9.78 Å². The van der Waals surface area contributed by atoms with Crippen molar-refractivity contribution in [2.24, 2.45) is 0 Å². The van der Waals surface area contributed by atoms with Gasteiger partial charge in [0.15, 0.2) is 6.10 Å². The first-order valence-corrected chi connectivity index (χ1v) is 12.1. The first kappa shape index (κ1) is 21.7. The molecular formula is C25H26ClNO4S. The standard InChI is InChI=1S/C25H26ClNO4S/c1-12-7-6-8-17-18(12)21-20(15-10-9-14(26)11-16(15)29-5)19(13(2)27-23(21)32-17)22-24(28)31-25(3,4)30-22/h9-12,22H,6-8H2,1-5H3. The fourth-order valence-electron chi connectivity index (χ4n) is 5.05. The van der Waals surface area contributed by atoms with Crippen LogP contribution in [-0.4, -0.2) is 23.9 Å². The molecule has 7 heteroatoms. The lowest BCUT2D eigenvalue weighted by atomic mass is 9.83. The number of nitrogens with zero attached hydrogens (tertiary/aromatic N) is 1. The van der Waals surface area contributed by atoms with E-state index in [0.29, 0.717) is 16.7 Å². The van der Waals surface area contributed by atoms with Gasteiger partial charge in [0.2, 0.25) is 5.79 Å². The van der Waals surface area contributed by atoms with Gasteiger partial charge in [-0.05, 0) is 55.9 Å². The molecule has 2 aliphatic rings. The van der Waals surface area contributed by atoms with Crippen LogP contribution in [0.25, 0.3) is 21.3 Å². The molecule has 0 bridgehead atoms. The SMILES string of the molecule is COc1cc(Cl)ccc1-c1c(C2OC(C)(C)OC2=O)c(C)nc2sc3c(c12)C(C)CCC3. The molecule has 1 fully saturated rings. The molecule has 3 heterocycles. The first-order chi connectivity index (χ1) is 15.2. The molecular weight excluding hydrogens is 446 g/mol. The molecule has 5 nitrogen and oxygen atoms in total. The lowest BCUT2D eigenvalue weighted by molar-refractivity contribution is -0.160. The van der Waals surface area contributed by atoms with E-state index >= 15 is 0 Å². The minimum Gasteiger partial charge on any atom is -0.496 e. The number of hydrogen-bond acceptors (Lipinski definition) is 6. The number of aromatic nitrogens is 1. The predicted octanol–water partition coefficient (Wildman–Crippen LogP) is 6.72. The summed E-state index contributed by atoms with van der Waals surface area (Å²) in [5.41, 5.74) is 4.65. The number of hydrogen-bond donors (Lipinski definition) is 0. The number of thiophene rings is 1. The molecule has 2 aromatic heterocycles. The number of pyridine rings is 1. The number of cyclic esters (lactones) is 1. The molecule has 32 heavy (non-hydrogen) atoms. The number of ether oxygens (including phenoxy) is 3. The smallest absolute Gasteiger partial charge is 0.342 e. The average molecular weight is 472 g/mol. The Labute approximate surface area is 196 Å². The quantitative estimate of drug-likeness (QED) is 0.396. The normalized spacial score (nSPS) is 22.1. The Morgan fingerprint density at radius 2 is 2.06 bits per heavy atom. The van der Waals surface area contributed by atoms with Gasteiger partial charge in [-0.1, -0.05) is 18.5 Å². The number of halogens is 1. The van der Waals surface area contributed by atoms with E-state index in [1.165, 1.54) is 16.9 Å². The van der Waals surface area contributed by atoms with Gasteiger partial charge in [0.1, 0.15) is 10.6 Å². The van der Waals surface area contributed by atoms with Crippen LogP contribution in [0.5, 0.6) is 5.75 Å². The molecule has 168 valence electrons. The highest BCUT2D eigenvalue weighted by Gasteiger charge is 2.45. The second kappa shape index (κ2) is 7.72. The van der Waals surface area contributed by atoms with Crippen LogP contribution < -0.4 is 4.74 Å². The Bertz CT molecular complexity index is 1250. The van der Waals surface area contributed by atoms with Gasteiger partial charge in [0.05, 0.1) is 7.11 Å². The summed E-state index contributed by atoms with van der Waals surface area (Å²) in [5.74, 6) is -0.327. The molecule has 0 spiro atoms. The van der Waals surface area contributed by atoms with Crippen molar-refractivity contribution in [1.29, 1.82) is 0 Å². The largest absolute Gasteiger partial charge is 0.496 e. The maximum atomic E-state index is 12.9. The third-order valence-corrected chi connectivity index (χ3v) is 7.77. The number of carbonyl (C=O) groups excluding carboxylic acids is 1. The number of aryl methyl sites for hydroxylation is 2. The van der Waals surface area contributed by atoms with E-state index in [4.69, 9.17) is 30.8 Å². The minimum absolute atomic E-state index is 0.398. The highest BCUT2D eigenvalue weighted by molar-refractivity contribution is 7.19. The number of carbonyl (C=O) groups is 1. The topological polar surface area (TPSA) is 57.7 Å². The summed E-state index contributed by atoms with van der Waals surface area (Å²) in [6.45, 7) is 7.72. The Hall–Kier alpha value is -2.15. The molecule has 0 amide bonds. The maximum Gasteiger partial charge on any atom is 0.342 e. The van der Waals surface area contributed by atoms with Gasteiger partial charge in [0, 0.05) is 51.5 Å². The Morgan fingerprint density at radius 1 is 1.28 bits per heavy atom. The zero-order valence-corrected chi connectivity index (χ0v) is 20.4. The molecule has 3 aromatic rings. The van der Waals surface area contributed by atoms with E-state index in [-0.39, 0.29) is 0 Å². The van der Waals surface area contributed by atoms with Crippen molar-refractivity contribution < 1.29 is 19.0 Å². The number of fused-ring (bicyclic) bond motifs is 3. The Balaban J connectivity index is 1.90. The molecule has 1 aliphatic heterocycles. The number of esters is 1. The van der Waals surface area contributed by atoms with E-state index < -0.39 is 17.9 Å². The Morgan fingerprint density at radius 3 is 2.75 bits per heavy atom. The summed E-state index contributed by atoms with van der Waals surface area (Å²) in [6.07, 6.45) is 2.51. The van der Waals surface area contributed by atoms with Crippen LogP contribution >= 0.6 is 22.9 Å². The van der Waals surface area contributed by atoms with Gasteiger partial charge < -0.3 is 14.2 Å². The zero-order chi connectivity index (χ0) is 22.8. The van der Waals surface area contributed by atoms with Crippen molar-refractivity contribution in [2.45, 2.75) is 64.8 Å². The van der Waals surface area contributed by atoms with Crippen LogP contribution in [0.1, 0.15) is 67.3 Å². The van der Waals surface area contributed by atoms with E-state index in [2.05, 4.69) is 6.92 Å². The molecule has 1 aromatic carbocycles. The van der Waals surface area contributed by atoms with Crippen LogP contribution in [0.4, 0.5) is 0 Å². The van der Waals surface area contributed by atoms with E-state index in [1.807, 2.05) is 25.1 Å². The molecule has 2 unspecified atom stereocenters. The second-order valence-corrected chi connectivity index (χ2v) is 10.6. The Kier molecular flexibility index (Phi) is 5.23. The van der Waals surface area contributed by atoms with Crippen molar-refractivity contribution in [1.82, 2.24) is 4.98 Å². The van der Waals surface area contributed by atoms with Gasteiger partial charge >= 0.3 is 5.97 Å². The molecule has 2 atom stereocenters. The minimum atomic E-state index is -0.994. The van der Waals surface area contributed by atoms with Crippen LogP contribution in [0.15, 0.2) is 18.2 Å². The highest BCUT2D eigenvalue weighted by Crippen LogP contribution is 2.51. The van der Waals surface area contributed by atoms with Gasteiger partial charge in [-0.3, -0.25) is 0 Å². The van der Waals surface area contributed by atoms with Crippen LogP contribution in [-0.2, 0) is 20.7 Å². The molecule has 1 aliphatic carbocycles. The predicted molar refractivity (Wildman–Crippen MR) is 127 cm³/mol. The summed E-state index contributed by atoms with van der Waals surface area (Å²) in [7, 11) is 1.63. The van der Waals surface area contributed by atoms with Crippen molar-refractivity contribution in [3.8, 4) is 16.9 Å². The number of benzene rings is 1. The zero-order valence-electron chi connectivity index (χ0n) is 18.9. The van der Waals surface area contributed by atoms with Crippen LogP contribution in [0.2, 0.25) is 5.02 Å². The van der Waals surface area contributed by atoms with Crippen molar-refractivity contribution >= 4 is 39.1 Å². The lowest BCUT2D eigenvalue weighted by Gasteiger charge is -2.23. The van der Waals surface area contributed by atoms with Crippen molar-refractivity contribution in [3.63, 3.8) is 0 Å². The third-order valence-electron chi connectivity index (χ3n) is 6.37. The maximum absolute atomic E-state index is 12.9. The lowest BCUT2D eigenvalue weighted by Crippen LogP contribution is -2.20. The summed E-state index contributed by atoms with van der Waals surface area (Å²) in [6, 6.07) is 5.62. The third kappa shape index (κ3) is 3.40. The van der Waals surface area contributed by atoms with E-state index in [9.17, 15) is 4.79 Å². The van der Waals surface area contributed by atoms with Gasteiger partial charge in [-0.15, -0.1) is 11.3 Å². The monoisotopic (exact) mass is 471 g/mol. The van der Waals surface area contributed by atoms with Gasteiger partial charge in [-0.2, -0.15) is 0 Å². The summed E-state index contributed by atoms with van der Waals surface area (Å²) in [5, 5.41) is 1.69. The molecule has 5 rings (SSSR count). The number of methoxy groups -OCH3 is 1. The van der Waals surface area contributed by atoms with Crippen molar-refractivity contribution in [3.05, 3.63) is 44.9 Å². The number of rotatable bonds is 3. The second-order valence-electron chi connectivity index (χ2n) is 9.06. The van der Waals surface area contributed by atoms with Crippen molar-refractivity contribution in [2.75, 3.05) is 7.11 Å². The van der Waals surface area contributed by atoms with Crippen LogP contribution in [0.3, 0.4) is 0 Å². The average Bonchev–Trinajstić information content (AvgIpc) is 3.23. The summed E-state index contributed by atoms with van der Waals surface area (Å²) in [4.78, 5) is 20.3. The molecule has 0 N–H and O–H groups in total. The fraction of sp³-hybridized carbons (Fsp3) is 0.440. The van der Waals surface area contributed by atoms with Gasteiger partial charge in [0.25, 0.3) is 0 Å². The first-order valence-electron chi connectivity index (χ1n) is 10.9.